The molecular formula is C83H162O17P2. The summed E-state index contributed by atoms with van der Waals surface area (Å²) in [4.78, 5) is 72.9. The number of esters is 4. The molecule has 0 saturated carbocycles. The van der Waals surface area contributed by atoms with Crippen molar-refractivity contribution in [3.05, 3.63) is 0 Å². The molecule has 0 aromatic heterocycles. The fourth-order valence-electron chi connectivity index (χ4n) is 12.8. The molecule has 0 aliphatic rings. The van der Waals surface area contributed by atoms with Gasteiger partial charge in [0.15, 0.2) is 12.2 Å². The van der Waals surface area contributed by atoms with E-state index in [0.717, 1.165) is 120 Å². The zero-order chi connectivity index (χ0) is 75.1. The Bertz CT molecular complexity index is 1970. The fraction of sp³-hybridized carbons (Fsp3) is 0.952. The minimum absolute atomic E-state index is 0.107. The summed E-state index contributed by atoms with van der Waals surface area (Å²) >= 11 is 0. The van der Waals surface area contributed by atoms with Crippen molar-refractivity contribution in [2.24, 2.45) is 17.8 Å². The monoisotopic (exact) mass is 1490 g/mol. The van der Waals surface area contributed by atoms with Crippen LogP contribution in [0.5, 0.6) is 0 Å². The molecule has 0 amide bonds. The number of carbonyl (C=O) groups is 4. The molecule has 0 fully saturated rings. The highest BCUT2D eigenvalue weighted by Crippen LogP contribution is 2.45. The summed E-state index contributed by atoms with van der Waals surface area (Å²) in [5.74, 6) is 0.297. The first kappa shape index (κ1) is 100. The van der Waals surface area contributed by atoms with Gasteiger partial charge in [-0.3, -0.25) is 37.3 Å². The summed E-state index contributed by atoms with van der Waals surface area (Å²) in [6.45, 7) is 12.0. The number of phosphoric ester groups is 2. The molecule has 0 aliphatic heterocycles. The standard InChI is InChI=1S/C83H162O17P2/c1-8-9-10-11-40-50-57-64-80(85)93-70-78(99-82(87)67-60-53-46-39-33-27-26-30-36-43-49-56-63-76(6)7)72-97-101(89,90)95-68-77(84)69-96-102(91,92)98-73-79(71-94-81(86)65-58-51-44-37-31-24-20-17-16-19-23-29-35-42-48-55-62-75(4)5)100-83(88)66-59-52-45-38-32-25-21-15-13-12-14-18-22-28-34-41-47-54-61-74(2)3/h74-79,84H,8-73H2,1-7H3,(H,89,90)(H,91,92)/t77-,78+,79+/m0/s1. The van der Waals surface area contributed by atoms with Crippen LogP contribution < -0.4 is 0 Å². The molecule has 0 aromatic rings. The molecule has 17 nitrogen and oxygen atoms in total. The Hall–Kier alpha value is -1.94. The summed E-state index contributed by atoms with van der Waals surface area (Å²) in [6.07, 6.45) is 62.7. The molecular weight excluding hydrogens is 1330 g/mol. The molecule has 102 heavy (non-hydrogen) atoms. The average Bonchev–Trinajstić information content (AvgIpc) is 0.906. The highest BCUT2D eigenvalue weighted by Gasteiger charge is 2.30. The van der Waals surface area contributed by atoms with Gasteiger partial charge in [-0.25, -0.2) is 9.13 Å². The minimum atomic E-state index is -4.96. The minimum Gasteiger partial charge on any atom is -0.462 e. The van der Waals surface area contributed by atoms with Crippen LogP contribution in [0.2, 0.25) is 0 Å². The zero-order valence-electron chi connectivity index (χ0n) is 67.1. The molecule has 19 heteroatoms. The van der Waals surface area contributed by atoms with E-state index in [1.54, 1.807) is 0 Å². The van der Waals surface area contributed by atoms with Crippen molar-refractivity contribution in [1.29, 1.82) is 0 Å². The van der Waals surface area contributed by atoms with E-state index in [1.165, 1.54) is 231 Å². The van der Waals surface area contributed by atoms with E-state index in [0.29, 0.717) is 25.7 Å². The maximum absolute atomic E-state index is 13.1. The first-order valence-electron chi connectivity index (χ1n) is 42.8. The Kier molecular flexibility index (Phi) is 71.8. The van der Waals surface area contributed by atoms with Gasteiger partial charge in [0.25, 0.3) is 0 Å². The van der Waals surface area contributed by atoms with Gasteiger partial charge in [0.05, 0.1) is 26.4 Å². The number of aliphatic hydroxyl groups excluding tert-OH is 1. The quantitative estimate of drug-likeness (QED) is 0.0222. The molecule has 0 heterocycles. The highest BCUT2D eigenvalue weighted by molar-refractivity contribution is 7.47. The maximum Gasteiger partial charge on any atom is 0.472 e. The zero-order valence-corrected chi connectivity index (χ0v) is 68.9. The van der Waals surface area contributed by atoms with E-state index in [-0.39, 0.29) is 25.7 Å². The summed E-state index contributed by atoms with van der Waals surface area (Å²) in [7, 11) is -9.92. The van der Waals surface area contributed by atoms with Crippen LogP contribution in [0.15, 0.2) is 0 Å². The molecule has 606 valence electrons. The van der Waals surface area contributed by atoms with Crippen LogP contribution in [0.4, 0.5) is 0 Å². The van der Waals surface area contributed by atoms with Crippen LogP contribution in [-0.4, -0.2) is 96.7 Å². The molecule has 0 aromatic carbocycles. The summed E-state index contributed by atoms with van der Waals surface area (Å²) in [6, 6.07) is 0. The molecule has 0 rings (SSSR count). The number of hydrogen-bond acceptors (Lipinski definition) is 15. The van der Waals surface area contributed by atoms with Crippen LogP contribution in [0, 0.1) is 17.8 Å². The number of aliphatic hydroxyl groups is 1. The number of rotatable bonds is 81. The second-order valence-corrected chi connectivity index (χ2v) is 34.2. The number of carbonyl (C=O) groups excluding carboxylic acids is 4. The van der Waals surface area contributed by atoms with Crippen LogP contribution in [0.1, 0.15) is 434 Å². The third kappa shape index (κ3) is 76.3. The van der Waals surface area contributed by atoms with Crippen molar-refractivity contribution in [2.75, 3.05) is 39.6 Å². The Morgan fingerprint density at radius 2 is 0.451 bits per heavy atom. The number of hydrogen-bond donors (Lipinski definition) is 3. The van der Waals surface area contributed by atoms with Crippen molar-refractivity contribution in [3.8, 4) is 0 Å². The van der Waals surface area contributed by atoms with Crippen LogP contribution in [0.3, 0.4) is 0 Å². The van der Waals surface area contributed by atoms with Crippen molar-refractivity contribution in [3.63, 3.8) is 0 Å². The lowest BCUT2D eigenvalue weighted by Gasteiger charge is -2.21. The first-order valence-corrected chi connectivity index (χ1v) is 45.8. The largest absolute Gasteiger partial charge is 0.472 e. The van der Waals surface area contributed by atoms with Crippen molar-refractivity contribution < 1.29 is 80.2 Å². The lowest BCUT2D eigenvalue weighted by Crippen LogP contribution is -2.30. The van der Waals surface area contributed by atoms with E-state index < -0.39 is 97.5 Å². The van der Waals surface area contributed by atoms with Gasteiger partial charge in [-0.2, -0.15) is 0 Å². The Balaban J connectivity index is 5.17. The summed E-state index contributed by atoms with van der Waals surface area (Å²) < 4.78 is 68.7. The molecule has 0 bridgehead atoms. The van der Waals surface area contributed by atoms with E-state index in [1.807, 2.05) is 0 Å². The highest BCUT2D eigenvalue weighted by atomic mass is 31.2. The van der Waals surface area contributed by atoms with Crippen molar-refractivity contribution in [1.82, 2.24) is 0 Å². The second-order valence-electron chi connectivity index (χ2n) is 31.3. The molecule has 0 radical (unpaired) electrons. The van der Waals surface area contributed by atoms with Gasteiger partial charge in [-0.05, 0) is 43.4 Å². The number of phosphoric acid groups is 2. The third-order valence-corrected chi connectivity index (χ3v) is 21.3. The third-order valence-electron chi connectivity index (χ3n) is 19.4. The second kappa shape index (κ2) is 73.2. The first-order chi connectivity index (χ1) is 49.2. The summed E-state index contributed by atoms with van der Waals surface area (Å²) in [5.41, 5.74) is 0. The molecule has 0 spiro atoms. The number of unbranched alkanes of at least 4 members (excludes halogenated alkanes) is 49. The van der Waals surface area contributed by atoms with E-state index >= 15 is 0 Å². The van der Waals surface area contributed by atoms with Gasteiger partial charge in [-0.15, -0.1) is 0 Å². The molecule has 0 aliphatic carbocycles. The normalized spacial score (nSPS) is 13.9. The van der Waals surface area contributed by atoms with Crippen LogP contribution >= 0.6 is 15.6 Å². The van der Waals surface area contributed by atoms with E-state index in [9.17, 15) is 43.2 Å². The SMILES string of the molecule is CCCCCCCCCC(=O)OC[C@H](COP(=O)(O)OC[C@H](O)COP(=O)(O)OC[C@@H](COC(=O)CCCCCCCCCCCCCCCCCCC(C)C)OC(=O)CCCCCCCCCCCCCCCCCCCCC(C)C)OC(=O)CCCCCCCCCCCCCCC(C)C. The van der Waals surface area contributed by atoms with Crippen molar-refractivity contribution >= 4 is 39.5 Å². The molecule has 2 unspecified atom stereocenters. The summed E-state index contributed by atoms with van der Waals surface area (Å²) in [5, 5.41) is 10.6. The van der Waals surface area contributed by atoms with Gasteiger partial charge < -0.3 is 33.8 Å². The Labute approximate surface area is 626 Å². The average molecular weight is 1490 g/mol. The van der Waals surface area contributed by atoms with Crippen LogP contribution in [0.25, 0.3) is 0 Å². The number of ether oxygens (including phenoxy) is 4. The molecule has 3 N–H and O–H groups in total. The predicted molar refractivity (Wildman–Crippen MR) is 418 cm³/mol. The fourth-order valence-corrected chi connectivity index (χ4v) is 14.4. The van der Waals surface area contributed by atoms with Crippen LogP contribution in [-0.2, 0) is 65.4 Å². The van der Waals surface area contributed by atoms with Gasteiger partial charge in [0.1, 0.15) is 19.3 Å². The lowest BCUT2D eigenvalue weighted by atomic mass is 10.0. The predicted octanol–water partition coefficient (Wildman–Crippen LogP) is 24.9. The maximum atomic E-state index is 13.1. The topological polar surface area (TPSA) is 237 Å². The van der Waals surface area contributed by atoms with Gasteiger partial charge in [0, 0.05) is 25.7 Å². The lowest BCUT2D eigenvalue weighted by molar-refractivity contribution is -0.161. The molecule has 0 saturated heterocycles. The van der Waals surface area contributed by atoms with E-state index in [2.05, 4.69) is 48.5 Å². The smallest absolute Gasteiger partial charge is 0.462 e. The Morgan fingerprint density at radius 1 is 0.265 bits per heavy atom. The van der Waals surface area contributed by atoms with E-state index in [4.69, 9.17) is 37.0 Å². The Morgan fingerprint density at radius 3 is 0.667 bits per heavy atom. The van der Waals surface area contributed by atoms with Gasteiger partial charge >= 0.3 is 39.5 Å². The van der Waals surface area contributed by atoms with Gasteiger partial charge in [0.2, 0.25) is 0 Å². The van der Waals surface area contributed by atoms with Gasteiger partial charge in [-0.1, -0.05) is 382 Å². The molecule has 5 atom stereocenters. The van der Waals surface area contributed by atoms with Crippen molar-refractivity contribution in [2.45, 2.75) is 452 Å².